The van der Waals surface area contributed by atoms with Gasteiger partial charge in [-0.3, -0.25) is 44.0 Å². The molecule has 1 unspecified atom stereocenters. The molecule has 3 saturated heterocycles. The second-order valence-corrected chi connectivity index (χ2v) is 18.7. The maximum Gasteiger partial charge on any atom is 0.264 e. The van der Waals surface area contributed by atoms with E-state index < -0.39 is 35.5 Å². The van der Waals surface area contributed by atoms with Gasteiger partial charge in [0.25, 0.3) is 11.8 Å². The SMILES string of the molecule is COc1cc2ncnc(Nc3ccc(F)c(Cl)c3)c2cc1NC(=O)/C=C/CN1CCC(N2CCN(CCCOCCOCCOCCOCCNc3cccc4c3C(=O)N(C3CCC(=O)NC3=O)C4=O)CC2)CC1. The van der Waals surface area contributed by atoms with E-state index >= 15 is 0 Å². The molecular formula is C52H64ClFN10O10. The number of likely N-dealkylation sites (tertiary alicyclic amines) is 1. The van der Waals surface area contributed by atoms with Gasteiger partial charge in [-0.2, -0.15) is 0 Å². The van der Waals surface area contributed by atoms with Crippen LogP contribution in [0.5, 0.6) is 5.75 Å². The Labute approximate surface area is 434 Å². The number of imide groups is 2. The molecule has 74 heavy (non-hydrogen) atoms. The number of fused-ring (bicyclic) bond motifs is 2. The van der Waals surface area contributed by atoms with Crippen molar-refractivity contribution >= 4 is 74.9 Å². The zero-order chi connectivity index (χ0) is 51.8. The van der Waals surface area contributed by atoms with Gasteiger partial charge in [0.15, 0.2) is 0 Å². The monoisotopic (exact) mass is 1040 g/mol. The molecule has 0 saturated carbocycles. The van der Waals surface area contributed by atoms with Gasteiger partial charge in [0.1, 0.15) is 29.8 Å². The van der Waals surface area contributed by atoms with Gasteiger partial charge < -0.3 is 44.5 Å². The quantitative estimate of drug-likeness (QED) is 0.0380. The van der Waals surface area contributed by atoms with Crippen molar-refractivity contribution < 1.29 is 52.0 Å². The number of rotatable bonds is 26. The van der Waals surface area contributed by atoms with Gasteiger partial charge in [0, 0.05) is 93.8 Å². The average molecular weight is 1040 g/mol. The lowest BCUT2D eigenvalue weighted by Gasteiger charge is -2.42. The van der Waals surface area contributed by atoms with Crippen molar-refractivity contribution in [2.75, 3.05) is 135 Å². The largest absolute Gasteiger partial charge is 0.494 e. The van der Waals surface area contributed by atoms with E-state index in [-0.39, 0.29) is 34.9 Å². The Balaban J connectivity index is 0.613. The number of piperidine rings is 2. The van der Waals surface area contributed by atoms with Gasteiger partial charge in [-0.05, 0) is 75.2 Å². The van der Waals surface area contributed by atoms with E-state index in [4.69, 9.17) is 35.3 Å². The molecule has 4 aliphatic heterocycles. The van der Waals surface area contributed by atoms with Gasteiger partial charge in [-0.25, -0.2) is 14.4 Å². The number of piperazine rings is 1. The summed E-state index contributed by atoms with van der Waals surface area (Å²) in [6, 6.07) is 12.3. The zero-order valence-electron chi connectivity index (χ0n) is 41.6. The highest BCUT2D eigenvalue weighted by atomic mass is 35.5. The summed E-state index contributed by atoms with van der Waals surface area (Å²) < 4.78 is 42.0. The van der Waals surface area contributed by atoms with E-state index in [1.807, 2.05) is 6.08 Å². The molecule has 3 fully saturated rings. The summed E-state index contributed by atoms with van der Waals surface area (Å²) in [4.78, 5) is 80.5. The van der Waals surface area contributed by atoms with Crippen LogP contribution in [0, 0.1) is 5.82 Å². The lowest BCUT2D eigenvalue weighted by atomic mass is 10.0. The number of hydrogen-bond donors (Lipinski definition) is 4. The van der Waals surface area contributed by atoms with E-state index in [0.717, 1.165) is 70.0 Å². The lowest BCUT2D eigenvalue weighted by Crippen LogP contribution is -2.54. The minimum absolute atomic E-state index is 0.0148. The number of nitrogens with one attached hydrogen (secondary N) is 4. The molecular weight excluding hydrogens is 979 g/mol. The molecule has 5 heterocycles. The van der Waals surface area contributed by atoms with Crippen molar-refractivity contribution in [1.29, 1.82) is 0 Å². The van der Waals surface area contributed by atoms with E-state index in [1.54, 1.807) is 42.5 Å². The maximum absolute atomic E-state index is 13.7. The summed E-state index contributed by atoms with van der Waals surface area (Å²) in [7, 11) is 1.53. The van der Waals surface area contributed by atoms with Crippen molar-refractivity contribution in [2.24, 2.45) is 0 Å². The standard InChI is InChI=1S/C52H64ClFN10O10/c1-70-45-33-42-38(49(57-34-56-42)58-35-8-9-40(54)39(53)31-35)32-43(45)59-46(65)7-3-15-61-17-12-36(13-18-61)63-21-19-62(20-22-63)16-4-23-71-25-27-73-29-30-74-28-26-72-24-14-55-41-6-2-5-37-48(41)52(69)64(51(37)68)44-10-11-47(66)60-50(44)67/h2-3,5-9,31-34,36,44,55H,4,10-30H2,1H3,(H,59,65)(H,56,57,58)(H,60,66,67)/b7-3+. The summed E-state index contributed by atoms with van der Waals surface area (Å²) in [5.41, 5.74) is 2.53. The molecule has 0 spiro atoms. The highest BCUT2D eigenvalue weighted by molar-refractivity contribution is 6.31. The number of carbonyl (C=O) groups is 5. The smallest absolute Gasteiger partial charge is 0.264 e. The van der Waals surface area contributed by atoms with E-state index in [9.17, 15) is 28.4 Å². The van der Waals surface area contributed by atoms with Crippen molar-refractivity contribution in [3.63, 3.8) is 0 Å². The molecule has 396 valence electrons. The number of nitrogens with zero attached hydrogens (tertiary/aromatic N) is 6. The Morgan fingerprint density at radius 3 is 2.27 bits per heavy atom. The molecule has 20 nitrogen and oxygen atoms in total. The molecule has 0 aliphatic carbocycles. The van der Waals surface area contributed by atoms with Gasteiger partial charge in [0.2, 0.25) is 17.7 Å². The highest BCUT2D eigenvalue weighted by Crippen LogP contribution is 2.35. The van der Waals surface area contributed by atoms with Crippen LogP contribution in [-0.2, 0) is 33.3 Å². The molecule has 0 radical (unpaired) electrons. The van der Waals surface area contributed by atoms with Crippen LogP contribution in [0.15, 0.2) is 67.0 Å². The molecule has 4 N–H and O–H groups in total. The van der Waals surface area contributed by atoms with E-state index in [2.05, 4.69) is 45.9 Å². The number of hydrogen-bond acceptors (Lipinski definition) is 17. The van der Waals surface area contributed by atoms with Crippen molar-refractivity contribution in [2.45, 2.75) is 44.2 Å². The fourth-order valence-corrected chi connectivity index (χ4v) is 9.72. The van der Waals surface area contributed by atoms with Crippen molar-refractivity contribution in [1.82, 2.24) is 34.9 Å². The van der Waals surface area contributed by atoms with Crippen LogP contribution in [0.25, 0.3) is 10.9 Å². The zero-order valence-corrected chi connectivity index (χ0v) is 42.3. The number of aromatic nitrogens is 2. The number of amides is 5. The average Bonchev–Trinajstić information content (AvgIpc) is 3.66. The van der Waals surface area contributed by atoms with Crippen molar-refractivity contribution in [3.05, 3.63) is 89.0 Å². The number of halogens is 2. The van der Waals surface area contributed by atoms with Crippen LogP contribution in [-0.4, -0.2) is 190 Å². The second kappa shape index (κ2) is 26.9. The topological polar surface area (TPSA) is 218 Å². The Bertz CT molecular complexity index is 2650. The predicted molar refractivity (Wildman–Crippen MR) is 276 cm³/mol. The highest BCUT2D eigenvalue weighted by Gasteiger charge is 2.45. The molecule has 0 bridgehead atoms. The van der Waals surface area contributed by atoms with Crippen LogP contribution in [0.2, 0.25) is 5.02 Å². The Morgan fingerprint density at radius 1 is 0.824 bits per heavy atom. The molecule has 5 amide bonds. The molecule has 4 aromatic rings. The van der Waals surface area contributed by atoms with Crippen LogP contribution in [0.1, 0.15) is 52.8 Å². The van der Waals surface area contributed by atoms with Gasteiger partial charge in [-0.1, -0.05) is 23.7 Å². The minimum atomic E-state index is -1.02. The van der Waals surface area contributed by atoms with Crippen LogP contribution in [0.3, 0.4) is 0 Å². The first-order valence-electron chi connectivity index (χ1n) is 25.2. The molecule has 4 aliphatic rings. The van der Waals surface area contributed by atoms with Crippen molar-refractivity contribution in [3.8, 4) is 5.75 Å². The first kappa shape index (κ1) is 54.1. The van der Waals surface area contributed by atoms with Gasteiger partial charge >= 0.3 is 0 Å². The molecule has 1 aromatic heterocycles. The Morgan fingerprint density at radius 2 is 1.55 bits per heavy atom. The number of ether oxygens (including phenoxy) is 5. The Kier molecular flexibility index (Phi) is 19.6. The fourth-order valence-electron chi connectivity index (χ4n) is 9.54. The van der Waals surface area contributed by atoms with E-state index in [1.165, 1.54) is 25.6 Å². The van der Waals surface area contributed by atoms with Crippen LogP contribution in [0.4, 0.5) is 27.3 Å². The number of benzene rings is 3. The number of carbonyl (C=O) groups excluding carboxylic acids is 5. The maximum atomic E-state index is 13.7. The third kappa shape index (κ3) is 14.4. The molecule has 8 rings (SSSR count). The summed E-state index contributed by atoms with van der Waals surface area (Å²) >= 11 is 5.98. The summed E-state index contributed by atoms with van der Waals surface area (Å²) in [6.45, 7) is 12.0. The first-order chi connectivity index (χ1) is 36.1. The van der Waals surface area contributed by atoms with Gasteiger partial charge in [-0.15, -0.1) is 0 Å². The first-order valence-corrected chi connectivity index (χ1v) is 25.5. The van der Waals surface area contributed by atoms with Gasteiger partial charge in [0.05, 0.1) is 80.7 Å². The second-order valence-electron chi connectivity index (χ2n) is 18.3. The minimum Gasteiger partial charge on any atom is -0.494 e. The fraction of sp³-hybridized carbons (Fsp3) is 0.481. The third-order valence-corrected chi connectivity index (χ3v) is 13.7. The predicted octanol–water partition coefficient (Wildman–Crippen LogP) is 4.72. The van der Waals surface area contributed by atoms with E-state index in [0.29, 0.717) is 112 Å². The number of methoxy groups -OCH3 is 1. The molecule has 1 atom stereocenters. The molecule has 3 aromatic carbocycles. The summed E-state index contributed by atoms with van der Waals surface area (Å²) in [5, 5.41) is 12.1. The lowest BCUT2D eigenvalue weighted by molar-refractivity contribution is -0.136. The normalized spacial score (nSPS) is 18.1. The van der Waals surface area contributed by atoms with Crippen LogP contribution >= 0.6 is 11.6 Å². The molecule has 22 heteroatoms. The Hall–Kier alpha value is -6.17. The summed E-state index contributed by atoms with van der Waals surface area (Å²) in [5.74, 6) is -2.05. The van der Waals surface area contributed by atoms with Crippen LogP contribution < -0.4 is 26.0 Å². The third-order valence-electron chi connectivity index (χ3n) is 13.4. The summed E-state index contributed by atoms with van der Waals surface area (Å²) in [6.07, 6.45) is 8.18. The number of anilines is 4.